The molecule has 0 heterocycles. The molecule has 0 bridgehead atoms. The summed E-state index contributed by atoms with van der Waals surface area (Å²) in [6.07, 6.45) is -0.412. The van der Waals surface area contributed by atoms with E-state index in [0.717, 1.165) is 0 Å². The fourth-order valence-corrected chi connectivity index (χ4v) is 1.34. The Bertz CT molecular complexity index is 328. The first kappa shape index (κ1) is 17.4. The van der Waals surface area contributed by atoms with Gasteiger partial charge in [-0.2, -0.15) is 0 Å². The van der Waals surface area contributed by atoms with Gasteiger partial charge in [0.2, 0.25) is 0 Å². The first-order chi connectivity index (χ1) is 9.13. The summed E-state index contributed by atoms with van der Waals surface area (Å²) in [7, 11) is 1.45. The Morgan fingerprint density at radius 2 is 2.11 bits per heavy atom. The highest BCUT2D eigenvalue weighted by molar-refractivity contribution is 5.80. The van der Waals surface area contributed by atoms with Gasteiger partial charge >= 0.3 is 5.97 Å². The van der Waals surface area contributed by atoms with E-state index in [1.54, 1.807) is 6.92 Å². The summed E-state index contributed by atoms with van der Waals surface area (Å²) in [4.78, 5) is 25.5. The van der Waals surface area contributed by atoms with Crippen molar-refractivity contribution in [1.29, 1.82) is 0 Å². The second-order valence-corrected chi connectivity index (χ2v) is 3.65. The van der Waals surface area contributed by atoms with Crippen LogP contribution in [0.25, 0.3) is 10.4 Å². The third-order valence-corrected chi connectivity index (χ3v) is 2.13. The minimum Gasteiger partial charge on any atom is -0.466 e. The van der Waals surface area contributed by atoms with Crippen molar-refractivity contribution in [2.24, 2.45) is 5.11 Å². The second-order valence-electron chi connectivity index (χ2n) is 3.65. The number of rotatable bonds is 11. The molecule has 0 aliphatic rings. The zero-order chi connectivity index (χ0) is 14.5. The minimum absolute atomic E-state index is 0.00625. The molecule has 0 radical (unpaired) electrons. The van der Waals surface area contributed by atoms with E-state index in [9.17, 15) is 9.59 Å². The molecule has 0 saturated heterocycles. The molecule has 0 rings (SSSR count). The van der Waals surface area contributed by atoms with E-state index in [-0.39, 0.29) is 45.0 Å². The van der Waals surface area contributed by atoms with Gasteiger partial charge in [-0.3, -0.25) is 9.59 Å². The molecule has 0 aliphatic heterocycles. The Hall–Kier alpha value is -1.63. The maximum Gasteiger partial charge on any atom is 0.308 e. The Morgan fingerprint density at radius 3 is 2.68 bits per heavy atom. The number of carbonyl (C=O) groups is 2. The lowest BCUT2D eigenvalue weighted by Crippen LogP contribution is -2.24. The van der Waals surface area contributed by atoms with E-state index in [1.807, 2.05) is 0 Å². The van der Waals surface area contributed by atoms with E-state index in [0.29, 0.717) is 0 Å². The van der Waals surface area contributed by atoms with Crippen LogP contribution in [0.1, 0.15) is 26.2 Å². The molecule has 0 spiro atoms. The fourth-order valence-electron chi connectivity index (χ4n) is 1.34. The summed E-state index contributed by atoms with van der Waals surface area (Å²) in [5.41, 5.74) is 8.10. The molecule has 0 aromatic rings. The SMILES string of the molecule is CCOC(=O)C[C@@H](CC(=O)CCN=[N+]=[N-])OCOC. The summed E-state index contributed by atoms with van der Waals surface area (Å²) in [6.45, 7) is 2.08. The summed E-state index contributed by atoms with van der Waals surface area (Å²) >= 11 is 0. The molecule has 0 N–H and O–H groups in total. The molecule has 0 aromatic heterocycles. The highest BCUT2D eigenvalue weighted by Gasteiger charge is 2.18. The molecule has 0 aliphatic carbocycles. The highest BCUT2D eigenvalue weighted by atomic mass is 16.7. The number of hydrogen-bond donors (Lipinski definition) is 0. The van der Waals surface area contributed by atoms with Crippen molar-refractivity contribution in [1.82, 2.24) is 0 Å². The van der Waals surface area contributed by atoms with Gasteiger partial charge in [0.05, 0.1) is 19.1 Å². The van der Waals surface area contributed by atoms with Crippen LogP contribution in [0, 0.1) is 0 Å². The van der Waals surface area contributed by atoms with Gasteiger partial charge in [0.15, 0.2) is 0 Å². The van der Waals surface area contributed by atoms with E-state index in [4.69, 9.17) is 19.7 Å². The predicted molar refractivity (Wildman–Crippen MR) is 66.3 cm³/mol. The molecule has 108 valence electrons. The Labute approximate surface area is 111 Å². The van der Waals surface area contributed by atoms with Crippen molar-refractivity contribution < 1.29 is 23.8 Å². The minimum atomic E-state index is -0.586. The number of esters is 1. The number of methoxy groups -OCH3 is 1. The van der Waals surface area contributed by atoms with Crippen molar-refractivity contribution in [3.05, 3.63) is 10.4 Å². The molecule has 0 unspecified atom stereocenters. The Balaban J connectivity index is 4.20. The zero-order valence-electron chi connectivity index (χ0n) is 11.2. The first-order valence-corrected chi connectivity index (χ1v) is 5.92. The van der Waals surface area contributed by atoms with E-state index in [1.165, 1.54) is 7.11 Å². The normalized spacial score (nSPS) is 11.5. The van der Waals surface area contributed by atoms with Crippen molar-refractivity contribution in [2.45, 2.75) is 32.3 Å². The first-order valence-electron chi connectivity index (χ1n) is 5.92. The molecule has 1 atom stereocenters. The number of ketones is 1. The van der Waals surface area contributed by atoms with E-state index >= 15 is 0 Å². The highest BCUT2D eigenvalue weighted by Crippen LogP contribution is 2.08. The molecule has 19 heavy (non-hydrogen) atoms. The number of Topliss-reactive ketones (excluding diaryl/α,β-unsaturated/α-hetero) is 1. The molecule has 0 amide bonds. The average molecular weight is 273 g/mol. The Morgan fingerprint density at radius 1 is 1.37 bits per heavy atom. The van der Waals surface area contributed by atoms with E-state index < -0.39 is 12.1 Å². The lowest BCUT2D eigenvalue weighted by molar-refractivity contribution is -0.150. The number of ether oxygens (including phenoxy) is 3. The van der Waals surface area contributed by atoms with Gasteiger partial charge in [0.1, 0.15) is 12.6 Å². The molecule has 0 aromatic carbocycles. The van der Waals surface area contributed by atoms with Crippen LogP contribution in [0.5, 0.6) is 0 Å². The summed E-state index contributed by atoms with van der Waals surface area (Å²) in [6, 6.07) is 0. The summed E-state index contributed by atoms with van der Waals surface area (Å²) in [5.74, 6) is -0.566. The van der Waals surface area contributed by atoms with Gasteiger partial charge in [-0.15, -0.1) is 0 Å². The standard InChI is InChI=1S/C11H19N3O5/c1-3-18-11(16)7-10(19-8-17-2)6-9(15)4-5-13-14-12/h10H,3-8H2,1-2H3/t10-/m1/s1. The van der Waals surface area contributed by atoms with Crippen LogP contribution in [-0.4, -0.2) is 44.9 Å². The molecular weight excluding hydrogens is 254 g/mol. The lowest BCUT2D eigenvalue weighted by atomic mass is 10.1. The van der Waals surface area contributed by atoms with Crippen molar-refractivity contribution in [3.63, 3.8) is 0 Å². The zero-order valence-corrected chi connectivity index (χ0v) is 11.2. The average Bonchev–Trinajstić information content (AvgIpc) is 2.36. The maximum absolute atomic E-state index is 11.6. The second kappa shape index (κ2) is 11.5. The van der Waals surface area contributed by atoms with Crippen LogP contribution in [0.2, 0.25) is 0 Å². The topological polar surface area (TPSA) is 111 Å². The number of hydrogen-bond acceptors (Lipinski definition) is 6. The van der Waals surface area contributed by atoms with Crippen molar-refractivity contribution in [3.8, 4) is 0 Å². The van der Waals surface area contributed by atoms with E-state index in [2.05, 4.69) is 10.0 Å². The van der Waals surface area contributed by atoms with Crippen molar-refractivity contribution in [2.75, 3.05) is 27.1 Å². The molecule has 0 saturated carbocycles. The fraction of sp³-hybridized carbons (Fsp3) is 0.818. The molecule has 8 heteroatoms. The van der Waals surface area contributed by atoms with Crippen LogP contribution >= 0.6 is 0 Å². The quantitative estimate of drug-likeness (QED) is 0.186. The lowest BCUT2D eigenvalue weighted by Gasteiger charge is -2.15. The van der Waals surface area contributed by atoms with Gasteiger partial charge in [0.25, 0.3) is 0 Å². The predicted octanol–water partition coefficient (Wildman–Crippen LogP) is 1.59. The van der Waals surface area contributed by atoms with Gasteiger partial charge in [-0.1, -0.05) is 5.11 Å². The van der Waals surface area contributed by atoms with Gasteiger partial charge in [-0.25, -0.2) is 0 Å². The molecular formula is C11H19N3O5. The maximum atomic E-state index is 11.6. The monoisotopic (exact) mass is 273 g/mol. The number of carbonyl (C=O) groups excluding carboxylic acids is 2. The smallest absolute Gasteiger partial charge is 0.308 e. The van der Waals surface area contributed by atoms with Crippen LogP contribution in [0.15, 0.2) is 5.11 Å². The van der Waals surface area contributed by atoms with Gasteiger partial charge < -0.3 is 14.2 Å². The van der Waals surface area contributed by atoms with Crippen molar-refractivity contribution >= 4 is 11.8 Å². The number of azide groups is 1. The van der Waals surface area contributed by atoms with Gasteiger partial charge in [0, 0.05) is 31.4 Å². The molecule has 0 fully saturated rings. The van der Waals surface area contributed by atoms with Crippen LogP contribution < -0.4 is 0 Å². The Kier molecular flexibility index (Phi) is 10.5. The summed E-state index contributed by atoms with van der Waals surface area (Å²) in [5, 5.41) is 3.27. The number of nitrogens with zero attached hydrogens (tertiary/aromatic N) is 3. The third-order valence-electron chi connectivity index (χ3n) is 2.13. The summed E-state index contributed by atoms with van der Waals surface area (Å²) < 4.78 is 14.8. The van der Waals surface area contributed by atoms with Crippen LogP contribution in [0.4, 0.5) is 0 Å². The van der Waals surface area contributed by atoms with Crippen LogP contribution in [0.3, 0.4) is 0 Å². The third kappa shape index (κ3) is 10.0. The molecule has 8 nitrogen and oxygen atoms in total. The van der Waals surface area contributed by atoms with Gasteiger partial charge in [-0.05, 0) is 12.5 Å². The van der Waals surface area contributed by atoms with Crippen LogP contribution in [-0.2, 0) is 23.8 Å². The largest absolute Gasteiger partial charge is 0.466 e.